The van der Waals surface area contributed by atoms with Crippen molar-refractivity contribution in [3.63, 3.8) is 0 Å². The first kappa shape index (κ1) is 17.4. The molecule has 2 heterocycles. The minimum atomic E-state index is -0.0526. The van der Waals surface area contributed by atoms with Gasteiger partial charge < -0.3 is 10.2 Å². The van der Waals surface area contributed by atoms with Crippen LogP contribution in [0.3, 0.4) is 0 Å². The Hall–Kier alpha value is -1.43. The van der Waals surface area contributed by atoms with Gasteiger partial charge in [0.1, 0.15) is 0 Å². The molecule has 1 amide bonds. The van der Waals surface area contributed by atoms with Gasteiger partial charge in [-0.1, -0.05) is 37.3 Å². The van der Waals surface area contributed by atoms with Crippen LogP contribution in [0.15, 0.2) is 30.3 Å². The number of rotatable bonds is 6. The Morgan fingerprint density at radius 1 is 1.25 bits per heavy atom. The summed E-state index contributed by atoms with van der Waals surface area (Å²) in [4.78, 5) is 15.0. The number of nitrogens with zero attached hydrogens (tertiary/aromatic N) is 1. The van der Waals surface area contributed by atoms with Crippen LogP contribution in [0.5, 0.6) is 0 Å². The molecule has 2 saturated heterocycles. The summed E-state index contributed by atoms with van der Waals surface area (Å²) in [6.45, 7) is 7.29. The minimum absolute atomic E-state index is 0.0507. The summed E-state index contributed by atoms with van der Waals surface area (Å²) in [5.41, 5.74) is 7.52. The maximum absolute atomic E-state index is 12.5. The fourth-order valence-electron chi connectivity index (χ4n) is 3.65. The van der Waals surface area contributed by atoms with Crippen molar-refractivity contribution in [3.05, 3.63) is 35.9 Å². The molecule has 0 spiro atoms. The average Bonchev–Trinajstić information content (AvgIpc) is 3.11. The van der Waals surface area contributed by atoms with E-state index in [1.165, 1.54) is 25.9 Å². The van der Waals surface area contributed by atoms with Crippen LogP contribution in [0.4, 0.5) is 0 Å². The number of hydrazine groups is 1. The van der Waals surface area contributed by atoms with E-state index < -0.39 is 0 Å². The molecule has 0 saturated carbocycles. The Morgan fingerprint density at radius 3 is 2.75 bits per heavy atom. The van der Waals surface area contributed by atoms with Gasteiger partial charge >= 0.3 is 0 Å². The Morgan fingerprint density at radius 2 is 2.00 bits per heavy atom. The van der Waals surface area contributed by atoms with Crippen molar-refractivity contribution in [2.45, 2.75) is 32.2 Å². The topological polar surface area (TPSA) is 56.4 Å². The molecule has 3 N–H and O–H groups in total. The van der Waals surface area contributed by atoms with E-state index in [0.717, 1.165) is 31.0 Å². The summed E-state index contributed by atoms with van der Waals surface area (Å²) >= 11 is 0. The lowest BCUT2D eigenvalue weighted by molar-refractivity contribution is -0.124. The molecule has 132 valence electrons. The van der Waals surface area contributed by atoms with E-state index >= 15 is 0 Å². The molecular weight excluding hydrogens is 300 g/mol. The molecule has 0 radical (unpaired) electrons. The van der Waals surface area contributed by atoms with Crippen molar-refractivity contribution >= 4 is 5.91 Å². The zero-order valence-electron chi connectivity index (χ0n) is 14.6. The highest BCUT2D eigenvalue weighted by Crippen LogP contribution is 2.24. The van der Waals surface area contributed by atoms with Crippen LogP contribution in [-0.2, 0) is 4.79 Å². The second kappa shape index (κ2) is 8.60. The summed E-state index contributed by atoms with van der Waals surface area (Å²) < 4.78 is 0. The normalized spacial score (nSPS) is 25.7. The standard InChI is InChI=1S/C19H30N4O/c1-15-8-12-23(13-9-15)11-5-10-20-19(24)17-14-21-22-18(17)16-6-3-2-4-7-16/h2-4,6-7,15,17-18,21-22H,5,8-14H2,1H3,(H,20,24). The zero-order valence-corrected chi connectivity index (χ0v) is 14.6. The first-order valence-electron chi connectivity index (χ1n) is 9.27. The molecular formula is C19H30N4O. The quantitative estimate of drug-likeness (QED) is 0.695. The van der Waals surface area contributed by atoms with Crippen molar-refractivity contribution < 1.29 is 4.79 Å². The first-order chi connectivity index (χ1) is 11.7. The molecule has 3 rings (SSSR count). The van der Waals surface area contributed by atoms with Crippen molar-refractivity contribution in [2.24, 2.45) is 11.8 Å². The fourth-order valence-corrected chi connectivity index (χ4v) is 3.65. The lowest BCUT2D eigenvalue weighted by atomic mass is 9.94. The zero-order chi connectivity index (χ0) is 16.8. The van der Waals surface area contributed by atoms with E-state index in [1.807, 2.05) is 18.2 Å². The largest absolute Gasteiger partial charge is 0.356 e. The molecule has 1 aromatic rings. The summed E-state index contributed by atoms with van der Waals surface area (Å²) in [6.07, 6.45) is 3.65. The number of likely N-dealkylation sites (tertiary alicyclic amines) is 1. The Kier molecular flexibility index (Phi) is 6.24. The molecule has 2 aliphatic rings. The summed E-state index contributed by atoms with van der Waals surface area (Å²) in [5, 5.41) is 3.13. The van der Waals surface area contributed by atoms with Crippen molar-refractivity contribution in [2.75, 3.05) is 32.7 Å². The average molecular weight is 330 g/mol. The summed E-state index contributed by atoms with van der Waals surface area (Å²) in [6, 6.07) is 10.2. The number of hydrogen-bond acceptors (Lipinski definition) is 4. The molecule has 2 atom stereocenters. The fraction of sp³-hybridized carbons (Fsp3) is 0.632. The van der Waals surface area contributed by atoms with E-state index in [0.29, 0.717) is 6.54 Å². The van der Waals surface area contributed by atoms with Crippen LogP contribution in [-0.4, -0.2) is 43.5 Å². The SMILES string of the molecule is CC1CCN(CCCNC(=O)C2CNNC2c2ccccc2)CC1. The number of amides is 1. The van der Waals surface area contributed by atoms with Crippen molar-refractivity contribution in [1.82, 2.24) is 21.1 Å². The van der Waals surface area contributed by atoms with Gasteiger partial charge in [-0.05, 0) is 50.4 Å². The number of carbonyl (C=O) groups is 1. The highest BCUT2D eigenvalue weighted by atomic mass is 16.2. The highest BCUT2D eigenvalue weighted by Gasteiger charge is 2.33. The summed E-state index contributed by atoms with van der Waals surface area (Å²) in [5.74, 6) is 0.968. The monoisotopic (exact) mass is 330 g/mol. The van der Waals surface area contributed by atoms with E-state index in [2.05, 4.69) is 40.1 Å². The van der Waals surface area contributed by atoms with Crippen LogP contribution < -0.4 is 16.2 Å². The van der Waals surface area contributed by atoms with Gasteiger partial charge in [0.25, 0.3) is 0 Å². The molecule has 2 unspecified atom stereocenters. The van der Waals surface area contributed by atoms with E-state index in [9.17, 15) is 4.79 Å². The second-order valence-corrected chi connectivity index (χ2v) is 7.19. The molecule has 5 nitrogen and oxygen atoms in total. The molecule has 0 aromatic heterocycles. The highest BCUT2D eigenvalue weighted by molar-refractivity contribution is 5.80. The van der Waals surface area contributed by atoms with Crippen LogP contribution in [0.25, 0.3) is 0 Å². The van der Waals surface area contributed by atoms with Gasteiger partial charge in [0, 0.05) is 13.1 Å². The van der Waals surface area contributed by atoms with Crippen LogP contribution in [0.2, 0.25) is 0 Å². The lowest BCUT2D eigenvalue weighted by Crippen LogP contribution is -2.38. The molecule has 2 fully saturated rings. The molecule has 24 heavy (non-hydrogen) atoms. The van der Waals surface area contributed by atoms with E-state index in [4.69, 9.17) is 0 Å². The number of piperidine rings is 1. The second-order valence-electron chi connectivity index (χ2n) is 7.19. The molecule has 5 heteroatoms. The third-order valence-electron chi connectivity index (χ3n) is 5.30. The molecule has 2 aliphatic heterocycles. The van der Waals surface area contributed by atoms with Gasteiger partial charge in [0.15, 0.2) is 0 Å². The van der Waals surface area contributed by atoms with Gasteiger partial charge in [-0.2, -0.15) is 0 Å². The number of nitrogens with one attached hydrogen (secondary N) is 3. The first-order valence-corrected chi connectivity index (χ1v) is 9.27. The molecule has 1 aromatic carbocycles. The van der Waals surface area contributed by atoms with Gasteiger partial charge in [-0.25, -0.2) is 5.43 Å². The number of benzene rings is 1. The molecule has 0 bridgehead atoms. The van der Waals surface area contributed by atoms with E-state index in [-0.39, 0.29) is 17.9 Å². The van der Waals surface area contributed by atoms with E-state index in [1.54, 1.807) is 0 Å². The van der Waals surface area contributed by atoms with Crippen LogP contribution in [0, 0.1) is 11.8 Å². The predicted molar refractivity (Wildman–Crippen MR) is 96.3 cm³/mol. The van der Waals surface area contributed by atoms with Gasteiger partial charge in [0.05, 0.1) is 12.0 Å². The Labute approximate surface area is 145 Å². The Balaban J connectivity index is 1.40. The van der Waals surface area contributed by atoms with Gasteiger partial charge in [0.2, 0.25) is 5.91 Å². The number of hydrogen-bond donors (Lipinski definition) is 3. The van der Waals surface area contributed by atoms with Gasteiger partial charge in [-0.15, -0.1) is 0 Å². The van der Waals surface area contributed by atoms with Crippen molar-refractivity contribution in [3.8, 4) is 0 Å². The minimum Gasteiger partial charge on any atom is -0.356 e. The van der Waals surface area contributed by atoms with Crippen LogP contribution >= 0.6 is 0 Å². The summed E-state index contributed by atoms with van der Waals surface area (Å²) in [7, 11) is 0. The maximum atomic E-state index is 12.5. The Bertz CT molecular complexity index is 513. The molecule has 0 aliphatic carbocycles. The van der Waals surface area contributed by atoms with Crippen LogP contribution in [0.1, 0.15) is 37.8 Å². The third-order valence-corrected chi connectivity index (χ3v) is 5.30. The van der Waals surface area contributed by atoms with Crippen molar-refractivity contribution in [1.29, 1.82) is 0 Å². The lowest BCUT2D eigenvalue weighted by Gasteiger charge is -2.30. The third kappa shape index (κ3) is 4.56. The van der Waals surface area contributed by atoms with Gasteiger partial charge in [-0.3, -0.25) is 10.2 Å². The number of carbonyl (C=O) groups excluding carboxylic acids is 1. The predicted octanol–water partition coefficient (Wildman–Crippen LogP) is 1.69. The smallest absolute Gasteiger partial charge is 0.226 e. The maximum Gasteiger partial charge on any atom is 0.226 e.